The molecular weight excluding hydrogens is 352 g/mol. The molecule has 4 heteroatoms. The Bertz CT molecular complexity index is 867. The number of carbonyl (C=O) groups is 1. The van der Waals surface area contributed by atoms with E-state index in [1.807, 2.05) is 0 Å². The van der Waals surface area contributed by atoms with Crippen molar-refractivity contribution in [1.29, 1.82) is 0 Å². The fourth-order valence-corrected chi connectivity index (χ4v) is 6.81. The van der Waals surface area contributed by atoms with Crippen LogP contribution in [0.1, 0.15) is 58.4 Å². The molecule has 0 heterocycles. The second-order valence-corrected chi connectivity index (χ2v) is 9.81. The average molecular weight is 383 g/mol. The van der Waals surface area contributed by atoms with Crippen LogP contribution in [0.15, 0.2) is 36.4 Å². The zero-order valence-corrected chi connectivity index (χ0v) is 17.0. The number of hydrogen-bond acceptors (Lipinski definition) is 4. The minimum atomic E-state index is -0.368. The van der Waals surface area contributed by atoms with Gasteiger partial charge in [-0.3, -0.25) is 0 Å². The molecule has 4 nitrogen and oxygen atoms in total. The van der Waals surface area contributed by atoms with Gasteiger partial charge in [-0.25, -0.2) is 4.79 Å². The fraction of sp³-hybridized carbons (Fsp3) is 0.542. The summed E-state index contributed by atoms with van der Waals surface area (Å²) in [5.41, 5.74) is 2.41. The number of benzene rings is 1. The maximum absolute atomic E-state index is 12.5. The summed E-state index contributed by atoms with van der Waals surface area (Å²) in [6.07, 6.45) is 8.46. The predicted molar refractivity (Wildman–Crippen MR) is 109 cm³/mol. The normalized spacial score (nSPS) is 35.9. The van der Waals surface area contributed by atoms with Gasteiger partial charge >= 0.3 is 5.97 Å². The predicted octanol–water partition coefficient (Wildman–Crippen LogP) is 5.21. The number of esters is 1. The molecule has 0 aliphatic heterocycles. The third kappa shape index (κ3) is 2.53. The molecule has 0 aromatic heterocycles. The summed E-state index contributed by atoms with van der Waals surface area (Å²) in [4.78, 5) is 12.5. The van der Waals surface area contributed by atoms with Crippen molar-refractivity contribution in [1.82, 2.24) is 0 Å². The molecule has 1 unspecified atom stereocenters. The van der Waals surface area contributed by atoms with Crippen molar-refractivity contribution >= 4 is 12.0 Å². The highest BCUT2D eigenvalue weighted by Crippen LogP contribution is 2.78. The molecule has 4 atom stereocenters. The molecule has 0 amide bonds. The molecule has 3 saturated carbocycles. The summed E-state index contributed by atoms with van der Waals surface area (Å²) in [6.45, 7) is 11.5. The molecule has 1 aromatic rings. The van der Waals surface area contributed by atoms with Gasteiger partial charge in [0.2, 0.25) is 0 Å². The van der Waals surface area contributed by atoms with E-state index in [4.69, 9.17) is 4.74 Å². The Morgan fingerprint density at radius 2 is 1.96 bits per heavy atom. The van der Waals surface area contributed by atoms with Crippen molar-refractivity contribution in [2.24, 2.45) is 22.2 Å². The summed E-state index contributed by atoms with van der Waals surface area (Å²) in [5, 5.41) is 19.0. The van der Waals surface area contributed by atoms with Gasteiger partial charge in [0, 0.05) is 12.0 Å². The van der Waals surface area contributed by atoms with Gasteiger partial charge < -0.3 is 14.9 Å². The van der Waals surface area contributed by atoms with Crippen LogP contribution in [-0.4, -0.2) is 22.3 Å². The van der Waals surface area contributed by atoms with Crippen LogP contribution in [0.25, 0.3) is 6.08 Å². The van der Waals surface area contributed by atoms with Gasteiger partial charge in [0.1, 0.15) is 6.10 Å². The maximum atomic E-state index is 12.5. The summed E-state index contributed by atoms with van der Waals surface area (Å²) in [6, 6.07) is 4.44. The Morgan fingerprint density at radius 1 is 1.21 bits per heavy atom. The molecule has 1 aromatic carbocycles. The molecule has 0 spiro atoms. The highest BCUT2D eigenvalue weighted by Gasteiger charge is 2.72. The van der Waals surface area contributed by atoms with Crippen molar-refractivity contribution in [2.75, 3.05) is 0 Å². The van der Waals surface area contributed by atoms with E-state index in [0.717, 1.165) is 12.8 Å². The molecule has 2 bridgehead atoms. The molecule has 2 N–H and O–H groups in total. The summed E-state index contributed by atoms with van der Waals surface area (Å²) < 4.78 is 5.94. The van der Waals surface area contributed by atoms with Gasteiger partial charge in [-0.1, -0.05) is 45.4 Å². The van der Waals surface area contributed by atoms with E-state index in [2.05, 4.69) is 27.4 Å². The lowest BCUT2D eigenvalue weighted by Crippen LogP contribution is -2.48. The van der Waals surface area contributed by atoms with Gasteiger partial charge in [0.15, 0.2) is 11.5 Å². The van der Waals surface area contributed by atoms with E-state index < -0.39 is 0 Å². The van der Waals surface area contributed by atoms with Crippen LogP contribution in [0, 0.1) is 22.2 Å². The van der Waals surface area contributed by atoms with E-state index in [1.165, 1.54) is 43.0 Å². The molecular formula is C24H30O4. The quantitative estimate of drug-likeness (QED) is 0.326. The second kappa shape index (κ2) is 6.13. The Kier molecular flexibility index (Phi) is 4.18. The first-order chi connectivity index (χ1) is 13.1. The lowest BCUT2D eigenvalue weighted by molar-refractivity contribution is -0.145. The van der Waals surface area contributed by atoms with Crippen LogP contribution in [0.4, 0.5) is 0 Å². The molecule has 28 heavy (non-hydrogen) atoms. The standard InChI is InChI=1S/C24H30O4/c1-15-13-24-14-19(21(15)23(24,4)11-5-10-22(24,2)3)28-20(27)9-7-16-6-8-17(25)18(26)12-16/h6-9,12,19,21,25-26H,1,5,10-11,13-14H2,2-4H3/b9-7+/t19-,21?,23-,24+/m1/s1. The van der Waals surface area contributed by atoms with Crippen LogP contribution in [0.3, 0.4) is 0 Å². The smallest absolute Gasteiger partial charge is 0.331 e. The van der Waals surface area contributed by atoms with Crippen molar-refractivity contribution in [3.05, 3.63) is 42.0 Å². The van der Waals surface area contributed by atoms with Crippen molar-refractivity contribution in [3.63, 3.8) is 0 Å². The molecule has 3 aliphatic carbocycles. The van der Waals surface area contributed by atoms with Crippen LogP contribution in [0.5, 0.6) is 11.5 Å². The van der Waals surface area contributed by atoms with Gasteiger partial charge in [-0.2, -0.15) is 0 Å². The summed E-state index contributed by atoms with van der Waals surface area (Å²) in [7, 11) is 0. The van der Waals surface area contributed by atoms with Crippen LogP contribution in [0.2, 0.25) is 0 Å². The zero-order chi connectivity index (χ0) is 20.3. The van der Waals surface area contributed by atoms with Gasteiger partial charge in [0.05, 0.1) is 0 Å². The first-order valence-electron chi connectivity index (χ1n) is 10.2. The molecule has 3 fully saturated rings. The fourth-order valence-electron chi connectivity index (χ4n) is 6.81. The number of aromatic hydroxyl groups is 2. The Labute approximate surface area is 166 Å². The average Bonchev–Trinajstić information content (AvgIpc) is 2.99. The summed E-state index contributed by atoms with van der Waals surface area (Å²) in [5.74, 6) is -0.522. The number of ether oxygens (including phenoxy) is 1. The zero-order valence-electron chi connectivity index (χ0n) is 17.0. The molecule has 150 valence electrons. The third-order valence-corrected chi connectivity index (χ3v) is 8.14. The monoisotopic (exact) mass is 382 g/mol. The minimum absolute atomic E-state index is 0.117. The van der Waals surface area contributed by atoms with E-state index in [9.17, 15) is 15.0 Å². The highest BCUT2D eigenvalue weighted by molar-refractivity contribution is 5.87. The van der Waals surface area contributed by atoms with E-state index in [-0.39, 0.29) is 45.7 Å². The SMILES string of the molecule is C=C1C[C@@]23C[C@@H](OC(=O)/C=C/c4ccc(O)c(O)c4)C1[C@@]2(C)CCCC3(C)C. The van der Waals surface area contributed by atoms with Crippen molar-refractivity contribution in [2.45, 2.75) is 59.0 Å². The largest absolute Gasteiger partial charge is 0.504 e. The molecule has 0 radical (unpaired) electrons. The number of rotatable bonds is 3. The molecule has 4 rings (SSSR count). The van der Waals surface area contributed by atoms with Crippen LogP contribution < -0.4 is 0 Å². The molecule has 0 saturated heterocycles. The summed E-state index contributed by atoms with van der Waals surface area (Å²) >= 11 is 0. The lowest BCUT2D eigenvalue weighted by Gasteiger charge is -2.55. The maximum Gasteiger partial charge on any atom is 0.331 e. The van der Waals surface area contributed by atoms with Crippen LogP contribution >= 0.6 is 0 Å². The van der Waals surface area contributed by atoms with Crippen molar-refractivity contribution < 1.29 is 19.7 Å². The van der Waals surface area contributed by atoms with Crippen LogP contribution in [-0.2, 0) is 9.53 Å². The van der Waals surface area contributed by atoms with Crippen molar-refractivity contribution in [3.8, 4) is 11.5 Å². The minimum Gasteiger partial charge on any atom is -0.504 e. The number of phenols is 2. The Balaban J connectivity index is 1.53. The highest BCUT2D eigenvalue weighted by atomic mass is 16.5. The van der Waals surface area contributed by atoms with E-state index in [0.29, 0.717) is 5.56 Å². The second-order valence-electron chi connectivity index (χ2n) is 9.81. The first-order valence-corrected chi connectivity index (χ1v) is 10.2. The first kappa shape index (κ1) is 19.1. The van der Waals surface area contributed by atoms with Gasteiger partial charge in [-0.15, -0.1) is 0 Å². The Morgan fingerprint density at radius 3 is 2.64 bits per heavy atom. The number of hydrogen-bond donors (Lipinski definition) is 2. The Hall–Kier alpha value is -2.23. The van der Waals surface area contributed by atoms with E-state index in [1.54, 1.807) is 12.1 Å². The lowest BCUT2D eigenvalue weighted by atomic mass is 9.49. The molecule has 3 aliphatic rings. The number of carbonyl (C=O) groups excluding carboxylic acids is 1. The van der Waals surface area contributed by atoms with Gasteiger partial charge in [0.25, 0.3) is 0 Å². The third-order valence-electron chi connectivity index (χ3n) is 8.14. The van der Waals surface area contributed by atoms with E-state index >= 15 is 0 Å². The topological polar surface area (TPSA) is 66.8 Å². The number of phenolic OH excluding ortho intramolecular Hbond substituents is 2. The van der Waals surface area contributed by atoms with Gasteiger partial charge in [-0.05, 0) is 65.7 Å².